The average Bonchev–Trinajstić information content (AvgIpc) is 2.53. The minimum Gasteiger partial charge on any atom is -0.351 e. The number of aliphatic imine (C=N–C) groups is 1. The van der Waals surface area contributed by atoms with E-state index in [4.69, 9.17) is 0 Å². The van der Waals surface area contributed by atoms with Crippen molar-refractivity contribution in [2.75, 3.05) is 7.05 Å². The van der Waals surface area contributed by atoms with Gasteiger partial charge < -0.3 is 10.6 Å². The van der Waals surface area contributed by atoms with E-state index in [1.165, 1.54) is 6.07 Å². The summed E-state index contributed by atoms with van der Waals surface area (Å²) in [5, 5.41) is 6.32. The summed E-state index contributed by atoms with van der Waals surface area (Å²) in [6, 6.07) is 13.1. The summed E-state index contributed by atoms with van der Waals surface area (Å²) >= 11 is 0. The number of pyridine rings is 1. The van der Waals surface area contributed by atoms with E-state index in [9.17, 15) is 4.39 Å². The first-order chi connectivity index (χ1) is 10.2. The molecule has 0 radical (unpaired) electrons. The van der Waals surface area contributed by atoms with Gasteiger partial charge in [0.05, 0.1) is 18.3 Å². The first-order valence-corrected chi connectivity index (χ1v) is 6.82. The molecule has 0 saturated carbocycles. The first-order valence-electron chi connectivity index (χ1n) is 6.82. The molecule has 0 fully saturated rings. The van der Waals surface area contributed by atoms with E-state index >= 15 is 0 Å². The monoisotopic (exact) mass is 286 g/mol. The molecular weight excluding hydrogens is 267 g/mol. The number of hydrogen-bond acceptors (Lipinski definition) is 2. The van der Waals surface area contributed by atoms with Crippen LogP contribution >= 0.6 is 0 Å². The highest BCUT2D eigenvalue weighted by atomic mass is 19.1. The number of nitrogens with zero attached hydrogens (tertiary/aromatic N) is 2. The van der Waals surface area contributed by atoms with Crippen molar-refractivity contribution in [2.45, 2.75) is 19.5 Å². The van der Waals surface area contributed by atoms with Crippen molar-refractivity contribution < 1.29 is 4.39 Å². The van der Waals surface area contributed by atoms with Crippen molar-refractivity contribution in [3.63, 3.8) is 0 Å². The molecule has 0 aliphatic rings. The highest BCUT2D eigenvalue weighted by Crippen LogP contribution is 2.10. The number of rotatable bonds is 4. The number of halogens is 1. The topological polar surface area (TPSA) is 49.3 Å². The van der Waals surface area contributed by atoms with Crippen molar-refractivity contribution in [1.29, 1.82) is 0 Å². The fraction of sp³-hybridized carbons (Fsp3) is 0.250. The Morgan fingerprint density at radius 2 is 2.00 bits per heavy atom. The molecule has 1 unspecified atom stereocenters. The quantitative estimate of drug-likeness (QED) is 0.671. The molecule has 2 aromatic rings. The van der Waals surface area contributed by atoms with Crippen LogP contribution in [0, 0.1) is 5.82 Å². The molecule has 0 aliphatic carbocycles. The molecule has 1 atom stereocenters. The minimum absolute atomic E-state index is 0.103. The van der Waals surface area contributed by atoms with Crippen LogP contribution in [0.25, 0.3) is 0 Å². The van der Waals surface area contributed by atoms with Crippen molar-refractivity contribution >= 4 is 5.96 Å². The van der Waals surface area contributed by atoms with Crippen molar-refractivity contribution in [3.8, 4) is 0 Å². The third-order valence-electron chi connectivity index (χ3n) is 3.13. The molecule has 0 amide bonds. The van der Waals surface area contributed by atoms with E-state index in [1.807, 2.05) is 37.3 Å². The molecule has 110 valence electrons. The van der Waals surface area contributed by atoms with Gasteiger partial charge in [-0.1, -0.05) is 30.3 Å². The first kappa shape index (κ1) is 15.0. The summed E-state index contributed by atoms with van der Waals surface area (Å²) in [6.07, 6.45) is 1.57. The Bertz CT molecular complexity index is 598. The Balaban J connectivity index is 1.94. The third-order valence-corrected chi connectivity index (χ3v) is 3.13. The van der Waals surface area contributed by atoms with Gasteiger partial charge in [0.1, 0.15) is 5.82 Å². The summed E-state index contributed by atoms with van der Waals surface area (Å²) < 4.78 is 13.5. The van der Waals surface area contributed by atoms with E-state index in [2.05, 4.69) is 20.6 Å². The molecule has 5 heteroatoms. The molecule has 0 aliphatic heterocycles. The van der Waals surface area contributed by atoms with Crippen molar-refractivity contribution in [1.82, 2.24) is 15.6 Å². The SMILES string of the molecule is CN=C(NCc1ncccc1F)NC(C)c1ccccc1. The highest BCUT2D eigenvalue weighted by molar-refractivity contribution is 5.80. The van der Waals surface area contributed by atoms with Crippen LogP contribution in [0.5, 0.6) is 0 Å². The largest absolute Gasteiger partial charge is 0.351 e. The Kier molecular flexibility index (Phi) is 5.26. The summed E-state index contributed by atoms with van der Waals surface area (Å²) in [4.78, 5) is 8.14. The van der Waals surface area contributed by atoms with Gasteiger partial charge in [-0.05, 0) is 24.6 Å². The molecule has 0 spiro atoms. The van der Waals surface area contributed by atoms with Crippen molar-refractivity contribution in [3.05, 3.63) is 65.7 Å². The molecule has 0 bridgehead atoms. The maximum absolute atomic E-state index is 13.5. The summed E-state index contributed by atoms with van der Waals surface area (Å²) in [7, 11) is 1.68. The lowest BCUT2D eigenvalue weighted by molar-refractivity contribution is 0.590. The smallest absolute Gasteiger partial charge is 0.191 e. The molecule has 0 saturated heterocycles. The number of aromatic nitrogens is 1. The lowest BCUT2D eigenvalue weighted by Crippen LogP contribution is -2.38. The lowest BCUT2D eigenvalue weighted by atomic mass is 10.1. The van der Waals surface area contributed by atoms with E-state index in [0.717, 1.165) is 5.56 Å². The zero-order valence-electron chi connectivity index (χ0n) is 12.2. The second-order valence-corrected chi connectivity index (χ2v) is 4.63. The molecule has 4 nitrogen and oxygen atoms in total. The van der Waals surface area contributed by atoms with Crippen LogP contribution in [-0.4, -0.2) is 18.0 Å². The number of guanidine groups is 1. The second kappa shape index (κ2) is 7.38. The van der Waals surface area contributed by atoms with Crippen molar-refractivity contribution in [2.24, 2.45) is 4.99 Å². The van der Waals surface area contributed by atoms with E-state index in [1.54, 1.807) is 19.3 Å². The standard InChI is InChI=1S/C16H19FN4/c1-12(13-7-4-3-5-8-13)21-16(18-2)20-11-15-14(17)9-6-10-19-15/h3-10,12H,11H2,1-2H3,(H2,18,20,21). The van der Waals surface area contributed by atoms with Gasteiger partial charge in [-0.3, -0.25) is 9.98 Å². The maximum atomic E-state index is 13.5. The Morgan fingerprint density at radius 3 is 2.67 bits per heavy atom. The Morgan fingerprint density at radius 1 is 1.24 bits per heavy atom. The zero-order valence-corrected chi connectivity index (χ0v) is 12.2. The van der Waals surface area contributed by atoms with Gasteiger partial charge in [0.25, 0.3) is 0 Å². The minimum atomic E-state index is -0.323. The summed E-state index contributed by atoms with van der Waals surface area (Å²) in [5.41, 5.74) is 1.53. The van der Waals surface area contributed by atoms with Crippen LogP contribution in [0.2, 0.25) is 0 Å². The Labute approximate surface area is 124 Å². The van der Waals surface area contributed by atoms with Gasteiger partial charge in [-0.25, -0.2) is 4.39 Å². The van der Waals surface area contributed by atoms with E-state index in [-0.39, 0.29) is 18.4 Å². The van der Waals surface area contributed by atoms with Crippen LogP contribution in [0.4, 0.5) is 4.39 Å². The lowest BCUT2D eigenvalue weighted by Gasteiger charge is -2.18. The molecule has 2 N–H and O–H groups in total. The molecular formula is C16H19FN4. The number of benzene rings is 1. The predicted molar refractivity (Wildman–Crippen MR) is 82.4 cm³/mol. The highest BCUT2D eigenvalue weighted by Gasteiger charge is 2.08. The predicted octanol–water partition coefficient (Wildman–Crippen LogP) is 2.65. The molecule has 1 aromatic heterocycles. The van der Waals surface area contributed by atoms with Gasteiger partial charge in [0.2, 0.25) is 0 Å². The van der Waals surface area contributed by atoms with Crippen LogP contribution in [-0.2, 0) is 6.54 Å². The molecule has 2 rings (SSSR count). The van der Waals surface area contributed by atoms with E-state index < -0.39 is 0 Å². The second-order valence-electron chi connectivity index (χ2n) is 4.63. The van der Waals surface area contributed by atoms with Crippen LogP contribution in [0.1, 0.15) is 24.2 Å². The third kappa shape index (κ3) is 4.27. The van der Waals surface area contributed by atoms with Gasteiger partial charge in [-0.2, -0.15) is 0 Å². The molecule has 21 heavy (non-hydrogen) atoms. The van der Waals surface area contributed by atoms with Crippen LogP contribution in [0.15, 0.2) is 53.7 Å². The summed E-state index contributed by atoms with van der Waals surface area (Å²) in [6.45, 7) is 2.33. The normalized spacial score (nSPS) is 12.8. The molecule has 1 heterocycles. The van der Waals surface area contributed by atoms with Gasteiger partial charge in [0, 0.05) is 13.2 Å². The van der Waals surface area contributed by atoms with Crippen LogP contribution in [0.3, 0.4) is 0 Å². The van der Waals surface area contributed by atoms with Crippen LogP contribution < -0.4 is 10.6 Å². The zero-order chi connectivity index (χ0) is 15.1. The maximum Gasteiger partial charge on any atom is 0.191 e. The van der Waals surface area contributed by atoms with Gasteiger partial charge in [0.15, 0.2) is 5.96 Å². The fourth-order valence-corrected chi connectivity index (χ4v) is 1.94. The molecule has 1 aromatic carbocycles. The summed E-state index contributed by atoms with van der Waals surface area (Å²) in [5.74, 6) is 0.285. The fourth-order valence-electron chi connectivity index (χ4n) is 1.94. The van der Waals surface area contributed by atoms with E-state index in [0.29, 0.717) is 11.7 Å². The van der Waals surface area contributed by atoms with Gasteiger partial charge in [-0.15, -0.1) is 0 Å². The Hall–Kier alpha value is -2.43. The number of nitrogens with one attached hydrogen (secondary N) is 2. The van der Waals surface area contributed by atoms with Gasteiger partial charge >= 0.3 is 0 Å². The number of hydrogen-bond donors (Lipinski definition) is 2. The average molecular weight is 286 g/mol.